The van der Waals surface area contributed by atoms with Gasteiger partial charge in [-0.25, -0.2) is 0 Å². The molecule has 0 saturated heterocycles. The number of H-pyrrole nitrogens is 1. The highest BCUT2D eigenvalue weighted by Gasteiger charge is 2.06. The number of aromatic nitrogens is 1. The number of hydrogen-bond acceptors (Lipinski definition) is 2. The van der Waals surface area contributed by atoms with E-state index in [2.05, 4.69) is 17.1 Å². The maximum absolute atomic E-state index is 5.52. The molecule has 0 fully saturated rings. The van der Waals surface area contributed by atoms with Crippen molar-refractivity contribution in [3.63, 3.8) is 0 Å². The maximum atomic E-state index is 5.52. The van der Waals surface area contributed by atoms with Gasteiger partial charge in [0, 0.05) is 11.6 Å². The summed E-state index contributed by atoms with van der Waals surface area (Å²) in [5.41, 5.74) is 7.93. The van der Waals surface area contributed by atoms with Gasteiger partial charge in [0.25, 0.3) is 0 Å². The van der Waals surface area contributed by atoms with Crippen LogP contribution >= 0.6 is 0 Å². The average molecular weight is 204 g/mol. The van der Waals surface area contributed by atoms with E-state index in [1.165, 1.54) is 10.9 Å². The second-order valence-electron chi connectivity index (χ2n) is 3.59. The fourth-order valence-electron chi connectivity index (χ4n) is 1.87. The summed E-state index contributed by atoms with van der Waals surface area (Å²) in [5.74, 6) is 0.895. The molecule has 80 valence electrons. The molecule has 0 amide bonds. The highest BCUT2D eigenvalue weighted by atomic mass is 16.5. The van der Waals surface area contributed by atoms with Crippen LogP contribution in [-0.4, -0.2) is 18.6 Å². The zero-order chi connectivity index (χ0) is 10.7. The molecular formula is C12H16N2O. The number of rotatable bonds is 4. The predicted molar refractivity (Wildman–Crippen MR) is 62.2 cm³/mol. The van der Waals surface area contributed by atoms with Gasteiger partial charge in [0.1, 0.15) is 5.75 Å². The van der Waals surface area contributed by atoms with E-state index in [9.17, 15) is 0 Å². The van der Waals surface area contributed by atoms with Gasteiger partial charge in [-0.15, -0.1) is 0 Å². The van der Waals surface area contributed by atoms with Crippen LogP contribution in [0, 0.1) is 0 Å². The minimum Gasteiger partial charge on any atom is -0.495 e. The van der Waals surface area contributed by atoms with Gasteiger partial charge in [0.05, 0.1) is 12.6 Å². The van der Waals surface area contributed by atoms with E-state index in [1.54, 1.807) is 7.11 Å². The van der Waals surface area contributed by atoms with Crippen LogP contribution in [0.2, 0.25) is 0 Å². The van der Waals surface area contributed by atoms with Crippen molar-refractivity contribution in [3.05, 3.63) is 30.0 Å². The maximum Gasteiger partial charge on any atom is 0.142 e. The summed E-state index contributed by atoms with van der Waals surface area (Å²) in [6.45, 7) is 0.734. The van der Waals surface area contributed by atoms with Crippen molar-refractivity contribution >= 4 is 10.9 Å². The van der Waals surface area contributed by atoms with E-state index in [0.717, 1.165) is 30.7 Å². The van der Waals surface area contributed by atoms with Gasteiger partial charge in [-0.2, -0.15) is 0 Å². The van der Waals surface area contributed by atoms with E-state index in [1.807, 2.05) is 12.3 Å². The van der Waals surface area contributed by atoms with Gasteiger partial charge in [-0.05, 0) is 37.1 Å². The van der Waals surface area contributed by atoms with E-state index in [0.29, 0.717) is 0 Å². The number of hydrogen-bond donors (Lipinski definition) is 2. The molecular weight excluding hydrogens is 188 g/mol. The largest absolute Gasteiger partial charge is 0.495 e. The standard InChI is InChI=1S/C12H16N2O/c1-15-11-5-4-9(3-2-7-13)10-6-8-14-12(10)11/h4-6,8,14H,2-3,7,13H2,1H3. The highest BCUT2D eigenvalue weighted by molar-refractivity contribution is 5.88. The van der Waals surface area contributed by atoms with Gasteiger partial charge in [-0.1, -0.05) is 6.07 Å². The Kier molecular flexibility index (Phi) is 2.92. The molecule has 0 saturated carbocycles. The molecule has 3 nitrogen and oxygen atoms in total. The molecule has 0 radical (unpaired) electrons. The fraction of sp³-hybridized carbons (Fsp3) is 0.333. The Bertz CT molecular complexity index is 448. The molecule has 2 aromatic rings. The second-order valence-corrected chi connectivity index (χ2v) is 3.59. The second kappa shape index (κ2) is 4.36. The SMILES string of the molecule is COc1ccc(CCCN)c2cc[nH]c12. The number of methoxy groups -OCH3 is 1. The van der Waals surface area contributed by atoms with E-state index in [-0.39, 0.29) is 0 Å². The van der Waals surface area contributed by atoms with Gasteiger partial charge in [0.2, 0.25) is 0 Å². The highest BCUT2D eigenvalue weighted by Crippen LogP contribution is 2.27. The van der Waals surface area contributed by atoms with Crippen LogP contribution in [0.3, 0.4) is 0 Å². The number of fused-ring (bicyclic) bond motifs is 1. The number of aromatic amines is 1. The summed E-state index contributed by atoms with van der Waals surface area (Å²) in [5, 5.41) is 1.24. The molecule has 1 heterocycles. The number of nitrogens with one attached hydrogen (secondary N) is 1. The van der Waals surface area contributed by atoms with Crippen molar-refractivity contribution < 1.29 is 4.74 Å². The monoisotopic (exact) mass is 204 g/mol. The first kappa shape index (κ1) is 10.1. The fourth-order valence-corrected chi connectivity index (χ4v) is 1.87. The third-order valence-electron chi connectivity index (χ3n) is 2.65. The van der Waals surface area contributed by atoms with Crippen LogP contribution in [0.15, 0.2) is 24.4 Å². The lowest BCUT2D eigenvalue weighted by atomic mass is 10.0. The topological polar surface area (TPSA) is 51.0 Å². The molecule has 0 bridgehead atoms. The first-order valence-corrected chi connectivity index (χ1v) is 5.20. The molecule has 3 heteroatoms. The van der Waals surface area contributed by atoms with Gasteiger partial charge in [0.15, 0.2) is 0 Å². The van der Waals surface area contributed by atoms with Crippen LogP contribution < -0.4 is 10.5 Å². The summed E-state index contributed by atoms with van der Waals surface area (Å²) in [6, 6.07) is 6.21. The minimum absolute atomic E-state index is 0.734. The van der Waals surface area contributed by atoms with Crippen molar-refractivity contribution in [2.75, 3.05) is 13.7 Å². The Morgan fingerprint density at radius 2 is 2.20 bits per heavy atom. The smallest absolute Gasteiger partial charge is 0.142 e. The summed E-state index contributed by atoms with van der Waals surface area (Å²) < 4.78 is 5.29. The van der Waals surface area contributed by atoms with Crippen molar-refractivity contribution in [3.8, 4) is 5.75 Å². The summed E-state index contributed by atoms with van der Waals surface area (Å²) in [6.07, 6.45) is 3.99. The molecule has 0 atom stereocenters. The van der Waals surface area contributed by atoms with Crippen LogP contribution in [0.1, 0.15) is 12.0 Å². The molecule has 2 rings (SSSR count). The van der Waals surface area contributed by atoms with Gasteiger partial charge >= 0.3 is 0 Å². The normalized spacial score (nSPS) is 10.8. The lowest BCUT2D eigenvalue weighted by molar-refractivity contribution is 0.419. The van der Waals surface area contributed by atoms with Crippen molar-refractivity contribution in [2.24, 2.45) is 5.73 Å². The van der Waals surface area contributed by atoms with Crippen LogP contribution in [0.5, 0.6) is 5.75 Å². The third kappa shape index (κ3) is 1.83. The molecule has 0 aliphatic heterocycles. The molecule has 0 spiro atoms. The van der Waals surface area contributed by atoms with E-state index >= 15 is 0 Å². The van der Waals surface area contributed by atoms with Crippen LogP contribution in [-0.2, 0) is 6.42 Å². The van der Waals surface area contributed by atoms with Crippen molar-refractivity contribution in [1.29, 1.82) is 0 Å². The first-order chi connectivity index (χ1) is 7.36. The Balaban J connectivity index is 2.44. The molecule has 0 unspecified atom stereocenters. The summed E-state index contributed by atoms with van der Waals surface area (Å²) in [4.78, 5) is 3.20. The van der Waals surface area contributed by atoms with Crippen LogP contribution in [0.4, 0.5) is 0 Å². The Morgan fingerprint density at radius 1 is 1.33 bits per heavy atom. The predicted octanol–water partition coefficient (Wildman–Crippen LogP) is 2.07. The minimum atomic E-state index is 0.734. The first-order valence-electron chi connectivity index (χ1n) is 5.20. The van der Waals surface area contributed by atoms with Crippen LogP contribution in [0.25, 0.3) is 10.9 Å². The Hall–Kier alpha value is -1.48. The zero-order valence-corrected chi connectivity index (χ0v) is 8.92. The molecule has 0 aliphatic rings. The average Bonchev–Trinajstić information content (AvgIpc) is 2.74. The third-order valence-corrected chi connectivity index (χ3v) is 2.65. The number of ether oxygens (including phenoxy) is 1. The summed E-state index contributed by atoms with van der Waals surface area (Å²) in [7, 11) is 1.69. The van der Waals surface area contributed by atoms with Crippen molar-refractivity contribution in [1.82, 2.24) is 4.98 Å². The Morgan fingerprint density at radius 3 is 2.93 bits per heavy atom. The van der Waals surface area contributed by atoms with Gasteiger partial charge < -0.3 is 15.5 Å². The lowest BCUT2D eigenvalue weighted by Crippen LogP contribution is -2.00. The van der Waals surface area contributed by atoms with E-state index < -0.39 is 0 Å². The van der Waals surface area contributed by atoms with Gasteiger partial charge in [-0.3, -0.25) is 0 Å². The van der Waals surface area contributed by atoms with E-state index in [4.69, 9.17) is 10.5 Å². The number of nitrogens with two attached hydrogens (primary N) is 1. The lowest BCUT2D eigenvalue weighted by Gasteiger charge is -2.06. The molecule has 1 aromatic heterocycles. The Labute approximate surface area is 89.2 Å². The quantitative estimate of drug-likeness (QED) is 0.801. The number of aryl methyl sites for hydroxylation is 1. The summed E-state index contributed by atoms with van der Waals surface area (Å²) >= 11 is 0. The molecule has 0 aliphatic carbocycles. The number of benzene rings is 1. The molecule has 3 N–H and O–H groups in total. The molecule has 1 aromatic carbocycles. The zero-order valence-electron chi connectivity index (χ0n) is 8.92. The van der Waals surface area contributed by atoms with Crippen molar-refractivity contribution in [2.45, 2.75) is 12.8 Å². The molecule has 15 heavy (non-hydrogen) atoms.